The van der Waals surface area contributed by atoms with Crippen LogP contribution in [-0.2, 0) is 9.53 Å². The van der Waals surface area contributed by atoms with Crippen molar-refractivity contribution >= 4 is 11.9 Å². The zero-order chi connectivity index (χ0) is 18.7. The molecule has 0 aliphatic heterocycles. The van der Waals surface area contributed by atoms with Crippen LogP contribution in [-0.4, -0.2) is 68.1 Å². The van der Waals surface area contributed by atoms with E-state index in [0.29, 0.717) is 31.0 Å². The normalized spacial score (nSPS) is 10.6. The third-order valence-electron chi connectivity index (χ3n) is 4.10. The van der Waals surface area contributed by atoms with E-state index in [1.165, 1.54) is 0 Å². The Morgan fingerprint density at radius 1 is 0.960 bits per heavy atom. The van der Waals surface area contributed by atoms with Gasteiger partial charge in [0.05, 0.1) is 20.1 Å². The Labute approximate surface area is 150 Å². The topological polar surface area (TPSA) is 59.1 Å². The van der Waals surface area contributed by atoms with E-state index >= 15 is 0 Å². The summed E-state index contributed by atoms with van der Waals surface area (Å²) in [7, 11) is 1.59. The van der Waals surface area contributed by atoms with Crippen molar-refractivity contribution in [2.75, 3.05) is 46.4 Å². The Morgan fingerprint density at radius 2 is 1.60 bits per heavy atom. The van der Waals surface area contributed by atoms with Crippen LogP contribution >= 0.6 is 0 Å². The van der Waals surface area contributed by atoms with Crippen molar-refractivity contribution in [1.29, 1.82) is 0 Å². The standard InChI is InChI=1S/C19H30N2O4/c1-5-20(6-2)14-15-21(13-12-18(22)25-7-3)19(23)16-8-10-17(24-4)11-9-16/h8-11H,5-7,12-15H2,1-4H3. The second-order valence-corrected chi connectivity index (χ2v) is 5.60. The van der Waals surface area contributed by atoms with Crippen molar-refractivity contribution in [3.05, 3.63) is 29.8 Å². The second kappa shape index (κ2) is 11.5. The maximum absolute atomic E-state index is 12.8. The van der Waals surface area contributed by atoms with Crippen LogP contribution in [0.3, 0.4) is 0 Å². The number of methoxy groups -OCH3 is 1. The number of carbonyl (C=O) groups excluding carboxylic acids is 2. The van der Waals surface area contributed by atoms with E-state index in [9.17, 15) is 9.59 Å². The average Bonchev–Trinajstić information content (AvgIpc) is 2.64. The van der Waals surface area contributed by atoms with Crippen LogP contribution in [0.1, 0.15) is 37.6 Å². The van der Waals surface area contributed by atoms with Gasteiger partial charge in [0.1, 0.15) is 5.75 Å². The summed E-state index contributed by atoms with van der Waals surface area (Å²) in [4.78, 5) is 28.4. The first-order valence-corrected chi connectivity index (χ1v) is 8.86. The first kappa shape index (κ1) is 21.0. The zero-order valence-electron chi connectivity index (χ0n) is 15.8. The van der Waals surface area contributed by atoms with Crippen molar-refractivity contribution in [2.45, 2.75) is 27.2 Å². The molecule has 0 spiro atoms. The molecule has 6 nitrogen and oxygen atoms in total. The van der Waals surface area contributed by atoms with Gasteiger partial charge in [-0.15, -0.1) is 0 Å². The van der Waals surface area contributed by atoms with Crippen LogP contribution in [0.2, 0.25) is 0 Å². The molecule has 0 fully saturated rings. The number of amides is 1. The third kappa shape index (κ3) is 7.13. The van der Waals surface area contributed by atoms with Gasteiger partial charge < -0.3 is 19.3 Å². The van der Waals surface area contributed by atoms with Gasteiger partial charge in [-0.2, -0.15) is 0 Å². The maximum Gasteiger partial charge on any atom is 0.307 e. The van der Waals surface area contributed by atoms with Crippen LogP contribution in [0.5, 0.6) is 5.75 Å². The van der Waals surface area contributed by atoms with Crippen molar-refractivity contribution < 1.29 is 19.1 Å². The van der Waals surface area contributed by atoms with Gasteiger partial charge in [-0.1, -0.05) is 13.8 Å². The number of nitrogens with zero attached hydrogens (tertiary/aromatic N) is 2. The predicted octanol–water partition coefficient (Wildman–Crippen LogP) is 2.43. The summed E-state index contributed by atoms with van der Waals surface area (Å²) < 4.78 is 10.1. The molecule has 1 aromatic carbocycles. The van der Waals surface area contributed by atoms with Crippen LogP contribution in [0.15, 0.2) is 24.3 Å². The van der Waals surface area contributed by atoms with Crippen molar-refractivity contribution in [3.8, 4) is 5.75 Å². The summed E-state index contributed by atoms with van der Waals surface area (Å²) in [6.07, 6.45) is 0.202. The van der Waals surface area contributed by atoms with Gasteiger partial charge >= 0.3 is 5.97 Å². The number of esters is 1. The molecule has 1 aromatic rings. The first-order valence-electron chi connectivity index (χ1n) is 8.86. The zero-order valence-corrected chi connectivity index (χ0v) is 15.8. The predicted molar refractivity (Wildman–Crippen MR) is 97.9 cm³/mol. The average molecular weight is 350 g/mol. The fraction of sp³-hybridized carbons (Fsp3) is 0.579. The van der Waals surface area contributed by atoms with E-state index < -0.39 is 0 Å². The molecule has 0 aliphatic rings. The van der Waals surface area contributed by atoms with E-state index in [-0.39, 0.29) is 18.3 Å². The largest absolute Gasteiger partial charge is 0.497 e. The minimum absolute atomic E-state index is 0.0842. The van der Waals surface area contributed by atoms with E-state index in [4.69, 9.17) is 9.47 Å². The summed E-state index contributed by atoms with van der Waals surface area (Å²) >= 11 is 0. The summed E-state index contributed by atoms with van der Waals surface area (Å²) in [6, 6.07) is 7.02. The molecular formula is C19H30N2O4. The van der Waals surface area contributed by atoms with E-state index in [1.807, 2.05) is 0 Å². The number of hydrogen-bond donors (Lipinski definition) is 0. The van der Waals surface area contributed by atoms with Gasteiger partial charge in [-0.25, -0.2) is 0 Å². The molecule has 1 rings (SSSR count). The Morgan fingerprint density at radius 3 is 2.12 bits per heavy atom. The molecule has 0 aliphatic carbocycles. The van der Waals surface area contributed by atoms with Crippen LogP contribution in [0, 0.1) is 0 Å². The Balaban J connectivity index is 2.79. The van der Waals surface area contributed by atoms with Gasteiger partial charge in [0.15, 0.2) is 0 Å². The van der Waals surface area contributed by atoms with E-state index in [0.717, 1.165) is 19.6 Å². The third-order valence-corrected chi connectivity index (χ3v) is 4.10. The number of ether oxygens (including phenoxy) is 2. The lowest BCUT2D eigenvalue weighted by atomic mass is 10.2. The molecule has 0 heterocycles. The highest BCUT2D eigenvalue weighted by atomic mass is 16.5. The molecule has 1 amide bonds. The number of rotatable bonds is 11. The first-order chi connectivity index (χ1) is 12.0. The minimum atomic E-state index is -0.280. The monoisotopic (exact) mass is 350 g/mol. The van der Waals surface area contributed by atoms with Gasteiger partial charge in [-0.3, -0.25) is 9.59 Å². The summed E-state index contributed by atoms with van der Waals surface area (Å²) in [6.45, 7) is 9.88. The fourth-order valence-electron chi connectivity index (χ4n) is 2.49. The molecule has 0 N–H and O–H groups in total. The molecule has 0 atom stereocenters. The Kier molecular flexibility index (Phi) is 9.62. The van der Waals surface area contributed by atoms with Crippen LogP contribution < -0.4 is 4.74 Å². The number of likely N-dealkylation sites (N-methyl/N-ethyl adjacent to an activating group) is 1. The fourth-order valence-corrected chi connectivity index (χ4v) is 2.49. The molecule has 0 saturated carbocycles. The molecule has 0 aromatic heterocycles. The highest BCUT2D eigenvalue weighted by Gasteiger charge is 2.18. The quantitative estimate of drug-likeness (QED) is 0.574. The van der Waals surface area contributed by atoms with Crippen LogP contribution in [0.4, 0.5) is 0 Å². The Bertz CT molecular complexity index is 527. The van der Waals surface area contributed by atoms with Gasteiger partial charge in [0, 0.05) is 25.2 Å². The SMILES string of the molecule is CCOC(=O)CCN(CCN(CC)CC)C(=O)c1ccc(OC)cc1. The van der Waals surface area contributed by atoms with Crippen molar-refractivity contribution in [3.63, 3.8) is 0 Å². The van der Waals surface area contributed by atoms with E-state index in [2.05, 4.69) is 18.7 Å². The van der Waals surface area contributed by atoms with Crippen LogP contribution in [0.25, 0.3) is 0 Å². The van der Waals surface area contributed by atoms with Gasteiger partial charge in [-0.05, 0) is 44.3 Å². The van der Waals surface area contributed by atoms with Gasteiger partial charge in [0.2, 0.25) is 0 Å². The summed E-state index contributed by atoms with van der Waals surface area (Å²) in [5.41, 5.74) is 0.587. The lowest BCUT2D eigenvalue weighted by Gasteiger charge is -2.26. The highest BCUT2D eigenvalue weighted by molar-refractivity contribution is 5.94. The smallest absolute Gasteiger partial charge is 0.307 e. The molecule has 0 bridgehead atoms. The summed E-state index contributed by atoms with van der Waals surface area (Å²) in [5, 5.41) is 0. The molecule has 6 heteroatoms. The molecule has 140 valence electrons. The van der Waals surface area contributed by atoms with Gasteiger partial charge in [0.25, 0.3) is 5.91 Å². The Hall–Kier alpha value is -2.08. The molecule has 0 saturated heterocycles. The maximum atomic E-state index is 12.8. The molecule has 0 unspecified atom stereocenters. The highest BCUT2D eigenvalue weighted by Crippen LogP contribution is 2.13. The van der Waals surface area contributed by atoms with Crippen molar-refractivity contribution in [2.24, 2.45) is 0 Å². The lowest BCUT2D eigenvalue weighted by Crippen LogP contribution is -2.40. The number of benzene rings is 1. The molecular weight excluding hydrogens is 320 g/mol. The lowest BCUT2D eigenvalue weighted by molar-refractivity contribution is -0.143. The second-order valence-electron chi connectivity index (χ2n) is 5.60. The number of hydrogen-bond acceptors (Lipinski definition) is 5. The van der Waals surface area contributed by atoms with E-state index in [1.54, 1.807) is 43.2 Å². The minimum Gasteiger partial charge on any atom is -0.497 e. The molecule has 25 heavy (non-hydrogen) atoms. The molecule has 0 radical (unpaired) electrons. The summed E-state index contributed by atoms with van der Waals surface area (Å²) in [5.74, 6) is 0.342. The number of carbonyl (C=O) groups is 2. The van der Waals surface area contributed by atoms with Crippen molar-refractivity contribution in [1.82, 2.24) is 9.80 Å².